The van der Waals surface area contributed by atoms with Gasteiger partial charge >= 0.3 is 227 Å². The van der Waals surface area contributed by atoms with Crippen molar-refractivity contribution in [3.63, 3.8) is 0 Å². The monoisotopic (exact) mass is 616 g/mol. The van der Waals surface area contributed by atoms with Gasteiger partial charge in [0.1, 0.15) is 0 Å². The van der Waals surface area contributed by atoms with Gasteiger partial charge in [-0.1, -0.05) is 0 Å². The molecule has 0 amide bonds. The maximum absolute atomic E-state index is 6.96. The molecular formula is C27H57LaO6. The molecule has 0 spiro atoms. The number of rotatable bonds is 24. The standard InChI is InChI=1S/3C9H19O2.La/c3*1-4-7-11-8-9(10,5-2)6-3;/h3*4-8H2,1-3H3;/q3*-1;+3. The molecule has 6 nitrogen and oxygen atoms in total. The summed E-state index contributed by atoms with van der Waals surface area (Å²) in [6.45, 7) is 23.4. The van der Waals surface area contributed by atoms with Gasteiger partial charge in [0.15, 0.2) is 0 Å². The van der Waals surface area contributed by atoms with Gasteiger partial charge < -0.3 is 0 Å². The fourth-order valence-corrected chi connectivity index (χ4v) is 11.9. The SMILES string of the molecule is CCCOCC(CC)(CC)[O][La]([O]C(CC)(CC)COCCC)[O]C(CC)(CC)COCCC. The van der Waals surface area contributed by atoms with E-state index in [1.807, 2.05) is 0 Å². The first-order chi connectivity index (χ1) is 16.3. The molecule has 0 N–H and O–H groups in total. The predicted octanol–water partition coefficient (Wildman–Crippen LogP) is 7.36. The molecular weight excluding hydrogens is 559 g/mol. The molecule has 0 aliphatic carbocycles. The van der Waals surface area contributed by atoms with E-state index in [1.165, 1.54) is 0 Å². The quantitative estimate of drug-likeness (QED) is 0.106. The van der Waals surface area contributed by atoms with Crippen LogP contribution in [0.3, 0.4) is 0 Å². The van der Waals surface area contributed by atoms with Crippen molar-refractivity contribution in [2.45, 2.75) is 137 Å². The minimum absolute atomic E-state index is 0.379. The van der Waals surface area contributed by atoms with Crippen LogP contribution in [0, 0.1) is 31.6 Å². The van der Waals surface area contributed by atoms with Crippen LogP contribution in [0.15, 0.2) is 0 Å². The zero-order valence-electron chi connectivity index (χ0n) is 24.1. The molecule has 0 bridgehead atoms. The molecule has 0 aromatic heterocycles. The first kappa shape index (κ1) is 35.0. The van der Waals surface area contributed by atoms with Gasteiger partial charge in [0.2, 0.25) is 0 Å². The van der Waals surface area contributed by atoms with Gasteiger partial charge in [-0.2, -0.15) is 0 Å². The second-order valence-electron chi connectivity index (χ2n) is 9.47. The van der Waals surface area contributed by atoms with Crippen LogP contribution in [0.5, 0.6) is 0 Å². The van der Waals surface area contributed by atoms with Crippen molar-refractivity contribution in [1.29, 1.82) is 0 Å². The molecule has 0 radical (unpaired) electrons. The third-order valence-corrected chi connectivity index (χ3v) is 13.6. The Labute approximate surface area is 226 Å². The molecule has 0 heterocycles. The van der Waals surface area contributed by atoms with Gasteiger partial charge in [-0.15, -0.1) is 0 Å². The van der Waals surface area contributed by atoms with Crippen LogP contribution in [0.1, 0.15) is 120 Å². The Morgan fingerprint density at radius 3 is 0.824 bits per heavy atom. The first-order valence-corrected chi connectivity index (χ1v) is 18.5. The van der Waals surface area contributed by atoms with Crippen molar-refractivity contribution in [1.82, 2.24) is 0 Å². The average Bonchev–Trinajstić information content (AvgIpc) is 2.87. The van der Waals surface area contributed by atoms with E-state index in [2.05, 4.69) is 62.3 Å². The number of hydrogen-bond acceptors (Lipinski definition) is 6. The van der Waals surface area contributed by atoms with Crippen LogP contribution in [-0.2, 0) is 19.3 Å². The van der Waals surface area contributed by atoms with Crippen molar-refractivity contribution < 1.29 is 50.9 Å². The Morgan fingerprint density at radius 1 is 0.412 bits per heavy atom. The normalized spacial score (nSPS) is 13.0. The molecule has 0 aromatic carbocycles. The zero-order chi connectivity index (χ0) is 25.9. The molecule has 0 aliphatic rings. The van der Waals surface area contributed by atoms with E-state index >= 15 is 0 Å². The van der Waals surface area contributed by atoms with Crippen LogP contribution in [0.25, 0.3) is 0 Å². The molecule has 7 heteroatoms. The molecule has 34 heavy (non-hydrogen) atoms. The number of hydrogen-bond donors (Lipinski definition) is 0. The average molecular weight is 617 g/mol. The van der Waals surface area contributed by atoms with E-state index < -0.39 is 31.6 Å². The Bertz CT molecular complexity index is 397. The molecule has 0 atom stereocenters. The van der Waals surface area contributed by atoms with E-state index in [-0.39, 0.29) is 16.8 Å². The van der Waals surface area contributed by atoms with E-state index in [4.69, 9.17) is 19.3 Å². The van der Waals surface area contributed by atoms with Gasteiger partial charge in [-0.25, -0.2) is 0 Å². The molecule has 0 fully saturated rings. The molecule has 0 unspecified atom stereocenters. The van der Waals surface area contributed by atoms with Crippen LogP contribution >= 0.6 is 0 Å². The summed E-state index contributed by atoms with van der Waals surface area (Å²) < 4.78 is 38.9. The Balaban J connectivity index is 5.98. The maximum atomic E-state index is 6.96. The van der Waals surface area contributed by atoms with Gasteiger partial charge in [-0.3, -0.25) is 0 Å². The predicted molar refractivity (Wildman–Crippen MR) is 137 cm³/mol. The third-order valence-electron chi connectivity index (χ3n) is 7.05. The first-order valence-electron chi connectivity index (χ1n) is 14.1. The van der Waals surface area contributed by atoms with Crippen molar-refractivity contribution in [3.05, 3.63) is 0 Å². The summed E-state index contributed by atoms with van der Waals surface area (Å²) in [7, 11) is 0. The van der Waals surface area contributed by atoms with Crippen LogP contribution < -0.4 is 0 Å². The molecule has 0 aliphatic heterocycles. The van der Waals surface area contributed by atoms with Crippen LogP contribution in [0.2, 0.25) is 0 Å². The molecule has 0 rings (SSSR count). The zero-order valence-corrected chi connectivity index (χ0v) is 27.8. The van der Waals surface area contributed by atoms with Gasteiger partial charge in [0.25, 0.3) is 0 Å². The van der Waals surface area contributed by atoms with Crippen molar-refractivity contribution in [2.24, 2.45) is 0 Å². The molecule has 204 valence electrons. The van der Waals surface area contributed by atoms with E-state index in [0.29, 0.717) is 19.8 Å². The second-order valence-corrected chi connectivity index (χ2v) is 13.5. The fraction of sp³-hybridized carbons (Fsp3) is 1.00. The number of ether oxygens (including phenoxy) is 3. The summed E-state index contributed by atoms with van der Waals surface area (Å²) in [6, 6.07) is 0. The summed E-state index contributed by atoms with van der Waals surface area (Å²) in [5.41, 5.74) is -1.14. The Morgan fingerprint density at radius 2 is 0.647 bits per heavy atom. The Hall–Kier alpha value is 0.955. The van der Waals surface area contributed by atoms with Crippen molar-refractivity contribution in [3.8, 4) is 0 Å². The van der Waals surface area contributed by atoms with E-state index in [1.54, 1.807) is 0 Å². The summed E-state index contributed by atoms with van der Waals surface area (Å²) in [4.78, 5) is 0. The third kappa shape index (κ3) is 12.5. The summed E-state index contributed by atoms with van der Waals surface area (Å²) in [6.07, 6.45) is 8.19. The molecule has 0 saturated heterocycles. The summed E-state index contributed by atoms with van der Waals surface area (Å²) in [5.74, 6) is 0. The fourth-order valence-electron chi connectivity index (χ4n) is 3.86. The van der Waals surface area contributed by atoms with Crippen molar-refractivity contribution >= 4 is 0 Å². The summed E-state index contributed by atoms with van der Waals surface area (Å²) in [5, 5.41) is 0. The summed E-state index contributed by atoms with van der Waals surface area (Å²) >= 11 is -3.67. The second kappa shape index (κ2) is 20.0. The van der Waals surface area contributed by atoms with Gasteiger partial charge in [0, 0.05) is 0 Å². The van der Waals surface area contributed by atoms with E-state index in [9.17, 15) is 0 Å². The van der Waals surface area contributed by atoms with Gasteiger partial charge in [-0.05, 0) is 0 Å². The molecule has 0 saturated carbocycles. The Kier molecular flexibility index (Phi) is 20.5. The topological polar surface area (TPSA) is 55.4 Å². The minimum atomic E-state index is -3.67. The van der Waals surface area contributed by atoms with Crippen LogP contribution in [0.4, 0.5) is 0 Å². The van der Waals surface area contributed by atoms with E-state index in [0.717, 1.165) is 77.6 Å². The van der Waals surface area contributed by atoms with Gasteiger partial charge in [0.05, 0.1) is 0 Å². The van der Waals surface area contributed by atoms with Crippen LogP contribution in [-0.4, -0.2) is 56.4 Å². The van der Waals surface area contributed by atoms with Crippen molar-refractivity contribution in [2.75, 3.05) is 39.6 Å². The molecule has 0 aromatic rings.